The maximum Gasteiger partial charge on any atom is 0.905 e. The standard InChI is InChI=1S/3C8H17O.Al/c3*1-8(2)6-4-3-5-7-9;/h3*8H,3-7H2,1-2H3;/q3*-1;+3. The number of hydrogen-bond acceptors (Lipinski definition) is 3. The van der Waals surface area contributed by atoms with Crippen LogP contribution in [-0.4, -0.2) is 35.0 Å². The molecule has 0 heterocycles. The van der Waals surface area contributed by atoms with Gasteiger partial charge in [0.1, 0.15) is 0 Å². The average molecular weight is 415 g/mol. The van der Waals surface area contributed by atoms with Crippen LogP contribution in [0.15, 0.2) is 0 Å². The fraction of sp³-hybridized carbons (Fsp3) is 1.00. The first-order chi connectivity index (χ1) is 13.4. The molecule has 0 amide bonds. The Morgan fingerprint density at radius 1 is 0.429 bits per heavy atom. The predicted octanol–water partition coefficient (Wildman–Crippen LogP) is 7.67. The summed E-state index contributed by atoms with van der Waals surface area (Å²) in [6.07, 6.45) is 15.0. The molecule has 0 radical (unpaired) electrons. The molecular weight excluding hydrogens is 363 g/mol. The van der Waals surface area contributed by atoms with Gasteiger partial charge in [-0.3, -0.25) is 0 Å². The monoisotopic (exact) mass is 414 g/mol. The van der Waals surface area contributed by atoms with Crippen LogP contribution in [0.2, 0.25) is 0 Å². The van der Waals surface area contributed by atoms with Gasteiger partial charge in [-0.25, -0.2) is 0 Å². The summed E-state index contributed by atoms with van der Waals surface area (Å²) in [5.74, 6) is 2.42. The number of unbranched alkanes of at least 4 members (excludes halogenated alkanes) is 6. The molecule has 0 aliphatic rings. The lowest BCUT2D eigenvalue weighted by Crippen LogP contribution is -2.28. The molecule has 0 saturated carbocycles. The van der Waals surface area contributed by atoms with Crippen LogP contribution in [0.1, 0.15) is 119 Å². The predicted molar refractivity (Wildman–Crippen MR) is 124 cm³/mol. The minimum absolute atomic E-state index is 0.801. The molecule has 4 heteroatoms. The summed E-state index contributed by atoms with van der Waals surface area (Å²) in [5.41, 5.74) is 0. The molecule has 0 aliphatic heterocycles. The molecular formula is C24H51AlO3. The van der Waals surface area contributed by atoms with Gasteiger partial charge in [-0.15, -0.1) is 0 Å². The maximum absolute atomic E-state index is 6.03. The van der Waals surface area contributed by atoms with E-state index in [1.165, 1.54) is 57.8 Å². The molecule has 28 heavy (non-hydrogen) atoms. The van der Waals surface area contributed by atoms with Gasteiger partial charge in [-0.1, -0.05) is 99.3 Å². The summed E-state index contributed by atoms with van der Waals surface area (Å²) in [5, 5.41) is 0. The van der Waals surface area contributed by atoms with Crippen LogP contribution in [-0.2, 0) is 11.4 Å². The zero-order chi connectivity index (χ0) is 21.0. The van der Waals surface area contributed by atoms with Gasteiger partial charge in [0.15, 0.2) is 0 Å². The number of rotatable bonds is 21. The van der Waals surface area contributed by atoms with Gasteiger partial charge in [0, 0.05) is 19.8 Å². The number of hydrogen-bond donors (Lipinski definition) is 0. The normalized spacial score (nSPS) is 11.9. The van der Waals surface area contributed by atoms with Crippen LogP contribution in [0, 0.1) is 17.8 Å². The lowest BCUT2D eigenvalue weighted by Gasteiger charge is -2.14. The van der Waals surface area contributed by atoms with Gasteiger partial charge < -0.3 is 11.4 Å². The van der Waals surface area contributed by atoms with Crippen molar-refractivity contribution in [3.8, 4) is 0 Å². The van der Waals surface area contributed by atoms with Crippen LogP contribution in [0.25, 0.3) is 0 Å². The maximum atomic E-state index is 6.03. The highest BCUT2D eigenvalue weighted by Gasteiger charge is 2.30. The highest BCUT2D eigenvalue weighted by Crippen LogP contribution is 2.11. The Kier molecular flexibility index (Phi) is 21.0. The largest absolute Gasteiger partial charge is 0.905 e. The van der Waals surface area contributed by atoms with E-state index in [9.17, 15) is 0 Å². The van der Waals surface area contributed by atoms with Crippen molar-refractivity contribution in [2.75, 3.05) is 19.8 Å². The fourth-order valence-electron chi connectivity index (χ4n) is 3.18. The topological polar surface area (TPSA) is 27.7 Å². The molecule has 0 aromatic carbocycles. The van der Waals surface area contributed by atoms with E-state index >= 15 is 0 Å². The van der Waals surface area contributed by atoms with E-state index in [0.717, 1.165) is 56.8 Å². The highest BCUT2D eigenvalue weighted by molar-refractivity contribution is 6.36. The van der Waals surface area contributed by atoms with Crippen molar-refractivity contribution in [1.29, 1.82) is 0 Å². The molecule has 0 saturated heterocycles. The van der Waals surface area contributed by atoms with Crippen LogP contribution in [0.4, 0.5) is 0 Å². The molecule has 0 unspecified atom stereocenters. The molecule has 0 aliphatic carbocycles. The van der Waals surface area contributed by atoms with Gasteiger partial charge in [-0.2, -0.15) is 0 Å². The minimum Gasteiger partial charge on any atom is -0.454 e. The summed E-state index contributed by atoms with van der Waals surface area (Å²) in [6.45, 7) is 16.2. The average Bonchev–Trinajstić information content (AvgIpc) is 2.62. The van der Waals surface area contributed by atoms with Crippen molar-refractivity contribution in [1.82, 2.24) is 0 Å². The van der Waals surface area contributed by atoms with Crippen LogP contribution in [0.3, 0.4) is 0 Å². The van der Waals surface area contributed by atoms with Crippen molar-refractivity contribution in [2.45, 2.75) is 119 Å². The van der Waals surface area contributed by atoms with E-state index in [2.05, 4.69) is 41.5 Å². The van der Waals surface area contributed by atoms with E-state index in [4.69, 9.17) is 11.4 Å². The first-order valence-electron chi connectivity index (χ1n) is 12.3. The Hall–Kier alpha value is 0.412. The molecule has 0 bridgehead atoms. The third-order valence-corrected chi connectivity index (χ3v) is 6.56. The summed E-state index contributed by atoms with van der Waals surface area (Å²) < 4.78 is 18.1. The second-order valence-electron chi connectivity index (χ2n) is 9.63. The van der Waals surface area contributed by atoms with E-state index in [0.29, 0.717) is 0 Å². The van der Waals surface area contributed by atoms with Gasteiger partial charge >= 0.3 is 15.1 Å². The molecule has 0 fully saturated rings. The van der Waals surface area contributed by atoms with E-state index < -0.39 is 15.1 Å². The van der Waals surface area contributed by atoms with E-state index in [1.807, 2.05) is 0 Å². The lowest BCUT2D eigenvalue weighted by atomic mass is 10.1. The summed E-state index contributed by atoms with van der Waals surface area (Å²) in [6, 6.07) is 0. The Labute approximate surface area is 182 Å². The zero-order valence-electron chi connectivity index (χ0n) is 20.1. The molecule has 0 aromatic heterocycles. The third kappa shape index (κ3) is 22.7. The second-order valence-corrected chi connectivity index (χ2v) is 11.2. The molecule has 3 nitrogen and oxygen atoms in total. The summed E-state index contributed by atoms with van der Waals surface area (Å²) in [7, 11) is 0. The van der Waals surface area contributed by atoms with Crippen molar-refractivity contribution < 1.29 is 11.4 Å². The van der Waals surface area contributed by atoms with Gasteiger partial charge in [0.25, 0.3) is 0 Å². The SMILES string of the molecule is CC(C)CCCCC[O][Al]([O]CCCCCC(C)C)[O]CCCCCC(C)C. The summed E-state index contributed by atoms with van der Waals surface area (Å²) in [4.78, 5) is 0. The highest BCUT2D eigenvalue weighted by atomic mass is 27.3. The lowest BCUT2D eigenvalue weighted by molar-refractivity contribution is 0.0883. The molecule has 0 rings (SSSR count). The van der Waals surface area contributed by atoms with E-state index in [-0.39, 0.29) is 0 Å². The van der Waals surface area contributed by atoms with Crippen molar-refractivity contribution in [3.05, 3.63) is 0 Å². The van der Waals surface area contributed by atoms with Crippen molar-refractivity contribution in [3.63, 3.8) is 0 Å². The van der Waals surface area contributed by atoms with Gasteiger partial charge in [-0.05, 0) is 37.0 Å². The molecule has 0 spiro atoms. The Balaban J connectivity index is 3.89. The van der Waals surface area contributed by atoms with Crippen molar-refractivity contribution in [2.24, 2.45) is 17.8 Å². The molecule has 0 N–H and O–H groups in total. The van der Waals surface area contributed by atoms with E-state index in [1.54, 1.807) is 0 Å². The van der Waals surface area contributed by atoms with Crippen LogP contribution in [0.5, 0.6) is 0 Å². The minimum atomic E-state index is -1.95. The molecule has 0 aromatic rings. The third-order valence-electron chi connectivity index (χ3n) is 5.04. The molecule has 168 valence electrons. The smallest absolute Gasteiger partial charge is 0.454 e. The van der Waals surface area contributed by atoms with Gasteiger partial charge in [0.05, 0.1) is 0 Å². The van der Waals surface area contributed by atoms with Crippen LogP contribution < -0.4 is 0 Å². The first-order valence-corrected chi connectivity index (χ1v) is 13.7. The van der Waals surface area contributed by atoms with Gasteiger partial charge in [0.2, 0.25) is 0 Å². The summed E-state index contributed by atoms with van der Waals surface area (Å²) >= 11 is -1.95. The molecule has 0 atom stereocenters. The Bertz CT molecular complexity index is 261. The van der Waals surface area contributed by atoms with Crippen LogP contribution >= 0.6 is 0 Å². The second kappa shape index (κ2) is 20.7. The fourth-order valence-corrected chi connectivity index (χ4v) is 4.54. The quantitative estimate of drug-likeness (QED) is 0.142. The first kappa shape index (κ1) is 28.4. The van der Waals surface area contributed by atoms with Crippen molar-refractivity contribution >= 4 is 15.1 Å². The Morgan fingerprint density at radius 3 is 0.964 bits per heavy atom. The zero-order valence-corrected chi connectivity index (χ0v) is 21.3. The Morgan fingerprint density at radius 2 is 0.714 bits per heavy atom.